The molecule has 0 fully saturated rings. The number of aromatic nitrogens is 2. The van der Waals surface area contributed by atoms with Crippen LogP contribution in [0.15, 0.2) is 146 Å². The first-order valence-electron chi connectivity index (χ1n) is 14.6. The largest absolute Gasteiger partial charge is 0.491 e. The molecule has 0 bridgehead atoms. The highest BCUT2D eigenvalue weighted by Crippen LogP contribution is 2.32. The molecule has 0 aliphatic heterocycles. The average molecular weight is 583 g/mol. The molecular weight excluding hydrogens is 548 g/mol. The Kier molecular flexibility index (Phi) is 9.02. The van der Waals surface area contributed by atoms with Crippen molar-refractivity contribution >= 4 is 0 Å². The van der Waals surface area contributed by atoms with Gasteiger partial charge in [0.15, 0.2) is 24.8 Å². The predicted molar refractivity (Wildman–Crippen MR) is 171 cm³/mol. The number of aliphatic hydroxyl groups excluding tert-OH is 2. The van der Waals surface area contributed by atoms with Crippen LogP contribution in [-0.4, -0.2) is 36.6 Å². The third-order valence-electron chi connectivity index (χ3n) is 7.38. The molecule has 2 heterocycles. The summed E-state index contributed by atoms with van der Waals surface area (Å²) in [5.74, 6) is 1.49. The number of nitrogens with zero attached hydrogens (tertiary/aromatic N) is 2. The zero-order valence-corrected chi connectivity index (χ0v) is 24.3. The lowest BCUT2D eigenvalue weighted by Gasteiger charge is -2.11. The summed E-state index contributed by atoms with van der Waals surface area (Å²) in [7, 11) is 0. The highest BCUT2D eigenvalue weighted by Gasteiger charge is 2.16. The van der Waals surface area contributed by atoms with Crippen molar-refractivity contribution in [1.29, 1.82) is 0 Å². The molecule has 2 aromatic heterocycles. The molecule has 44 heavy (non-hydrogen) atoms. The van der Waals surface area contributed by atoms with Crippen LogP contribution in [0.2, 0.25) is 0 Å². The van der Waals surface area contributed by atoms with Gasteiger partial charge in [-0.2, -0.15) is 9.13 Å². The summed E-state index contributed by atoms with van der Waals surface area (Å²) in [5, 5.41) is 18.5. The van der Waals surface area contributed by atoms with Crippen LogP contribution in [-0.2, 0) is 0 Å². The second-order valence-corrected chi connectivity index (χ2v) is 10.2. The summed E-state index contributed by atoms with van der Waals surface area (Å²) in [6.07, 6.45) is 8.25. The van der Waals surface area contributed by atoms with Crippen LogP contribution in [0.1, 0.15) is 0 Å². The summed E-state index contributed by atoms with van der Waals surface area (Å²) < 4.78 is 15.8. The van der Waals surface area contributed by atoms with E-state index in [4.69, 9.17) is 9.47 Å². The predicted octanol–water partition coefficient (Wildman–Crippen LogP) is 5.98. The fraction of sp³-hybridized carbons (Fsp3) is 0.105. The fourth-order valence-electron chi connectivity index (χ4n) is 5.19. The van der Waals surface area contributed by atoms with E-state index in [-0.39, 0.29) is 26.4 Å². The average Bonchev–Trinajstić information content (AvgIpc) is 3.10. The maximum Gasteiger partial charge on any atom is 0.211 e. The Morgan fingerprint density at radius 3 is 1.18 bits per heavy atom. The number of ether oxygens (including phenoxy) is 2. The van der Waals surface area contributed by atoms with Gasteiger partial charge in [0.2, 0.25) is 11.4 Å². The van der Waals surface area contributed by atoms with Crippen LogP contribution >= 0.6 is 0 Å². The van der Waals surface area contributed by atoms with Crippen LogP contribution < -0.4 is 18.6 Å². The molecule has 0 spiro atoms. The normalized spacial score (nSPS) is 10.9. The minimum absolute atomic E-state index is 0.0347. The number of hydrogen-bond donors (Lipinski definition) is 2. The summed E-state index contributed by atoms with van der Waals surface area (Å²) in [5.41, 5.74) is 8.31. The molecule has 6 heteroatoms. The van der Waals surface area contributed by atoms with Gasteiger partial charge in [-0.25, -0.2) is 0 Å². The van der Waals surface area contributed by atoms with Crippen LogP contribution in [0.4, 0.5) is 0 Å². The highest BCUT2D eigenvalue weighted by molar-refractivity contribution is 5.73. The maximum absolute atomic E-state index is 9.26. The van der Waals surface area contributed by atoms with Gasteiger partial charge in [-0.15, -0.1) is 0 Å². The Morgan fingerprint density at radius 1 is 0.432 bits per heavy atom. The van der Waals surface area contributed by atoms with Crippen molar-refractivity contribution in [3.8, 4) is 56.3 Å². The van der Waals surface area contributed by atoms with Crippen LogP contribution in [0.25, 0.3) is 44.8 Å². The van der Waals surface area contributed by atoms with Gasteiger partial charge in [-0.3, -0.25) is 0 Å². The first-order chi connectivity index (χ1) is 21.7. The van der Waals surface area contributed by atoms with Gasteiger partial charge < -0.3 is 19.7 Å². The standard InChI is InChI=1S/C38H34N2O4/c41-23-25-43-37-13-11-33(27-35(37)31-7-3-1-4-8-31)39-19-15-29(16-20-39)30-17-21-40(22-18-30)34-12-14-38(44-26-24-42)36(28-34)32-9-5-2-6-10-32/h1-22,27-28,41-42H,23-26H2/q+2. The van der Waals surface area contributed by atoms with E-state index < -0.39 is 0 Å². The van der Waals surface area contributed by atoms with E-state index in [1.54, 1.807) is 0 Å². The number of benzene rings is 4. The van der Waals surface area contributed by atoms with Gasteiger partial charge in [0.05, 0.1) is 13.2 Å². The van der Waals surface area contributed by atoms with Crippen molar-refractivity contribution in [2.24, 2.45) is 0 Å². The van der Waals surface area contributed by atoms with Crippen LogP contribution in [0.5, 0.6) is 11.5 Å². The summed E-state index contributed by atoms with van der Waals surface area (Å²) in [6.45, 7) is 0.424. The lowest BCUT2D eigenvalue weighted by Crippen LogP contribution is -2.30. The fourth-order valence-corrected chi connectivity index (χ4v) is 5.19. The molecular formula is C38H34N2O4+2. The topological polar surface area (TPSA) is 66.7 Å². The van der Waals surface area contributed by atoms with Crippen LogP contribution in [0.3, 0.4) is 0 Å². The van der Waals surface area contributed by atoms with E-state index in [1.807, 2.05) is 60.7 Å². The Labute approximate surface area is 257 Å². The maximum atomic E-state index is 9.26. The molecule has 0 unspecified atom stereocenters. The number of hydrogen-bond acceptors (Lipinski definition) is 4. The summed E-state index contributed by atoms with van der Waals surface area (Å²) in [4.78, 5) is 0. The molecule has 4 aromatic carbocycles. The van der Waals surface area contributed by atoms with Gasteiger partial charge in [0, 0.05) is 59.7 Å². The van der Waals surface area contributed by atoms with Crippen molar-refractivity contribution in [3.63, 3.8) is 0 Å². The summed E-state index contributed by atoms with van der Waals surface area (Å²) >= 11 is 0. The van der Waals surface area contributed by atoms with Crippen molar-refractivity contribution in [1.82, 2.24) is 0 Å². The minimum Gasteiger partial charge on any atom is -0.491 e. The molecule has 6 aromatic rings. The molecule has 0 aliphatic carbocycles. The van der Waals surface area contributed by atoms with Crippen molar-refractivity contribution < 1.29 is 28.8 Å². The molecule has 218 valence electrons. The van der Waals surface area contributed by atoms with E-state index in [1.165, 1.54) is 0 Å². The van der Waals surface area contributed by atoms with Gasteiger partial charge in [-0.05, 0) is 34.4 Å². The third kappa shape index (κ3) is 6.52. The first kappa shape index (κ1) is 28.8. The molecule has 0 atom stereocenters. The number of pyridine rings is 2. The number of rotatable bonds is 11. The monoisotopic (exact) mass is 582 g/mol. The molecule has 2 N–H and O–H groups in total. The number of aliphatic hydroxyl groups is 2. The minimum atomic E-state index is -0.0347. The van der Waals surface area contributed by atoms with Gasteiger partial charge in [0.25, 0.3) is 0 Å². The van der Waals surface area contributed by atoms with E-state index in [9.17, 15) is 10.2 Å². The SMILES string of the molecule is OCCOc1ccc(-[n+]2ccc(-c3cc[n+](-c4ccc(OCCO)c(-c5ccccc5)c4)cc3)cc2)cc1-c1ccccc1. The molecule has 0 saturated heterocycles. The summed E-state index contributed by atoms with van der Waals surface area (Å²) in [6, 6.07) is 40.9. The molecule has 0 aliphatic rings. The molecule has 0 saturated carbocycles. The van der Waals surface area contributed by atoms with Gasteiger partial charge in [0.1, 0.15) is 24.7 Å². The second kappa shape index (κ2) is 13.8. The molecule has 0 radical (unpaired) electrons. The smallest absolute Gasteiger partial charge is 0.211 e. The Balaban J connectivity index is 1.24. The second-order valence-electron chi connectivity index (χ2n) is 10.2. The third-order valence-corrected chi connectivity index (χ3v) is 7.38. The Bertz CT molecular complexity index is 1670. The lowest BCUT2D eigenvalue weighted by atomic mass is 10.0. The quantitative estimate of drug-likeness (QED) is 0.185. The molecule has 6 nitrogen and oxygen atoms in total. The first-order valence-corrected chi connectivity index (χ1v) is 14.6. The molecule has 6 rings (SSSR count). The Hall–Kier alpha value is -5.30. The van der Waals surface area contributed by atoms with Crippen LogP contribution in [0, 0.1) is 0 Å². The zero-order valence-electron chi connectivity index (χ0n) is 24.3. The van der Waals surface area contributed by atoms with E-state index >= 15 is 0 Å². The van der Waals surface area contributed by atoms with Crippen molar-refractivity contribution in [3.05, 3.63) is 146 Å². The van der Waals surface area contributed by atoms with Gasteiger partial charge >= 0.3 is 0 Å². The van der Waals surface area contributed by atoms with Gasteiger partial charge in [-0.1, -0.05) is 60.7 Å². The highest BCUT2D eigenvalue weighted by atomic mass is 16.5. The van der Waals surface area contributed by atoms with E-state index in [2.05, 4.69) is 94.6 Å². The Morgan fingerprint density at radius 2 is 0.818 bits per heavy atom. The lowest BCUT2D eigenvalue weighted by molar-refractivity contribution is -0.596. The zero-order chi connectivity index (χ0) is 30.1. The molecule has 0 amide bonds. The van der Waals surface area contributed by atoms with Crippen molar-refractivity contribution in [2.75, 3.05) is 26.4 Å². The van der Waals surface area contributed by atoms with Crippen molar-refractivity contribution in [2.45, 2.75) is 0 Å². The van der Waals surface area contributed by atoms with E-state index in [0.29, 0.717) is 0 Å². The van der Waals surface area contributed by atoms with E-state index in [0.717, 1.165) is 56.3 Å².